The number of carbonyl (C=O) groups excluding carboxylic acids is 2. The molecule has 1 N–H and O–H groups in total. The number of carbonyl (C=O) groups is 3. The zero-order valence-electron chi connectivity index (χ0n) is 39.2. The van der Waals surface area contributed by atoms with Crippen molar-refractivity contribution >= 4 is 17.9 Å². The number of quaternary nitrogens is 1. The second kappa shape index (κ2) is 42.5. The van der Waals surface area contributed by atoms with Crippen LogP contribution in [0.3, 0.4) is 0 Å². The maximum absolute atomic E-state index is 12.8. The van der Waals surface area contributed by atoms with Gasteiger partial charge in [0.25, 0.3) is 6.29 Å². The molecular formula is C50H94NO8+. The summed E-state index contributed by atoms with van der Waals surface area (Å²) in [6.07, 6.45) is 43.8. The molecule has 0 amide bonds. The molecule has 0 aliphatic carbocycles. The van der Waals surface area contributed by atoms with Crippen LogP contribution in [-0.2, 0) is 33.3 Å². The number of carboxylic acids is 1. The highest BCUT2D eigenvalue weighted by atomic mass is 16.7. The third-order valence-corrected chi connectivity index (χ3v) is 10.7. The Kier molecular flexibility index (Phi) is 40.9. The molecule has 0 rings (SSSR count). The summed E-state index contributed by atoms with van der Waals surface area (Å²) in [4.78, 5) is 37.2. The van der Waals surface area contributed by atoms with Crippen LogP contribution in [0.25, 0.3) is 0 Å². The van der Waals surface area contributed by atoms with Crippen LogP contribution in [-0.4, -0.2) is 87.4 Å². The summed E-state index contributed by atoms with van der Waals surface area (Å²) in [6.45, 7) is 4.85. The minimum atomic E-state index is -1.51. The minimum absolute atomic E-state index is 0.183. The van der Waals surface area contributed by atoms with Crippen LogP contribution in [0.15, 0.2) is 24.3 Å². The lowest BCUT2D eigenvalue weighted by atomic mass is 10.0. The average molecular weight is 837 g/mol. The summed E-state index contributed by atoms with van der Waals surface area (Å²) in [5.41, 5.74) is 0. The highest BCUT2D eigenvalue weighted by Gasteiger charge is 2.25. The lowest BCUT2D eigenvalue weighted by molar-refractivity contribution is -0.870. The zero-order chi connectivity index (χ0) is 43.5. The Bertz CT molecular complexity index is 1020. The number of nitrogens with zero attached hydrogens (tertiary/aromatic N) is 1. The van der Waals surface area contributed by atoms with Gasteiger partial charge in [0, 0.05) is 12.8 Å². The number of hydrogen-bond donors (Lipinski definition) is 1. The van der Waals surface area contributed by atoms with E-state index in [0.717, 1.165) is 57.8 Å². The van der Waals surface area contributed by atoms with Crippen LogP contribution in [0.5, 0.6) is 0 Å². The Hall–Kier alpha value is -2.23. The van der Waals surface area contributed by atoms with Crippen molar-refractivity contribution in [1.82, 2.24) is 0 Å². The van der Waals surface area contributed by atoms with Gasteiger partial charge in [-0.05, 0) is 44.9 Å². The van der Waals surface area contributed by atoms with Gasteiger partial charge in [0.05, 0.1) is 34.4 Å². The van der Waals surface area contributed by atoms with E-state index in [9.17, 15) is 19.5 Å². The van der Waals surface area contributed by atoms with E-state index >= 15 is 0 Å². The Morgan fingerprint density at radius 1 is 0.508 bits per heavy atom. The summed E-state index contributed by atoms with van der Waals surface area (Å²) < 4.78 is 22.8. The highest BCUT2D eigenvalue weighted by molar-refractivity contribution is 5.71. The number of carboxylic acid groups (broad SMARTS) is 1. The third kappa shape index (κ3) is 43.7. The van der Waals surface area contributed by atoms with Gasteiger partial charge in [-0.15, -0.1) is 0 Å². The van der Waals surface area contributed by atoms with Crippen molar-refractivity contribution in [2.75, 3.05) is 47.5 Å². The second-order valence-electron chi connectivity index (χ2n) is 17.8. The van der Waals surface area contributed by atoms with Crippen LogP contribution in [0.4, 0.5) is 0 Å². The van der Waals surface area contributed by atoms with Gasteiger partial charge in [-0.1, -0.05) is 186 Å². The smallest absolute Gasteiger partial charge is 0.361 e. The molecule has 0 bridgehead atoms. The monoisotopic (exact) mass is 837 g/mol. The first-order valence-corrected chi connectivity index (χ1v) is 24.5. The van der Waals surface area contributed by atoms with Crippen molar-refractivity contribution < 1.29 is 42.9 Å². The summed E-state index contributed by atoms with van der Waals surface area (Å²) >= 11 is 0. The maximum Gasteiger partial charge on any atom is 0.361 e. The number of allylic oxidation sites excluding steroid dienone is 4. The molecule has 0 saturated carbocycles. The third-order valence-electron chi connectivity index (χ3n) is 10.7. The highest BCUT2D eigenvalue weighted by Crippen LogP contribution is 2.16. The molecular weight excluding hydrogens is 743 g/mol. The molecule has 59 heavy (non-hydrogen) atoms. The molecule has 0 fully saturated rings. The van der Waals surface area contributed by atoms with Crippen LogP contribution in [0.2, 0.25) is 0 Å². The summed E-state index contributed by atoms with van der Waals surface area (Å²) in [6, 6.07) is 0. The fourth-order valence-corrected chi connectivity index (χ4v) is 6.87. The van der Waals surface area contributed by atoms with Crippen molar-refractivity contribution in [2.24, 2.45) is 0 Å². The van der Waals surface area contributed by atoms with Gasteiger partial charge in [-0.25, -0.2) is 4.79 Å². The first kappa shape index (κ1) is 56.8. The van der Waals surface area contributed by atoms with Crippen LogP contribution in [0.1, 0.15) is 219 Å². The van der Waals surface area contributed by atoms with E-state index in [1.807, 2.05) is 21.1 Å². The Labute approximate surface area is 363 Å². The van der Waals surface area contributed by atoms with E-state index in [1.165, 1.54) is 128 Å². The lowest BCUT2D eigenvalue weighted by Gasteiger charge is -2.25. The molecule has 0 heterocycles. The van der Waals surface area contributed by atoms with E-state index in [4.69, 9.17) is 18.9 Å². The Morgan fingerprint density at radius 3 is 1.37 bits per heavy atom. The summed E-state index contributed by atoms with van der Waals surface area (Å²) in [7, 11) is 5.96. The van der Waals surface area contributed by atoms with Gasteiger partial charge in [-0.2, -0.15) is 0 Å². The van der Waals surface area contributed by atoms with E-state index < -0.39 is 24.3 Å². The molecule has 9 heteroatoms. The van der Waals surface area contributed by atoms with Crippen LogP contribution in [0, 0.1) is 0 Å². The first-order chi connectivity index (χ1) is 28.6. The van der Waals surface area contributed by atoms with E-state index in [1.54, 1.807) is 0 Å². The van der Waals surface area contributed by atoms with Crippen molar-refractivity contribution in [1.29, 1.82) is 0 Å². The van der Waals surface area contributed by atoms with Crippen LogP contribution < -0.4 is 0 Å². The normalized spacial score (nSPS) is 13.0. The van der Waals surface area contributed by atoms with E-state index in [2.05, 4.69) is 38.2 Å². The molecule has 0 aliphatic heterocycles. The van der Waals surface area contributed by atoms with Crippen LogP contribution >= 0.6 is 0 Å². The van der Waals surface area contributed by atoms with Crippen molar-refractivity contribution in [3.63, 3.8) is 0 Å². The molecule has 2 atom stereocenters. The zero-order valence-corrected chi connectivity index (χ0v) is 39.2. The molecule has 0 spiro atoms. The van der Waals surface area contributed by atoms with Gasteiger partial charge < -0.3 is 28.5 Å². The number of likely N-dealkylation sites (N-methyl/N-ethyl adjacent to an activating group) is 1. The number of aliphatic carboxylic acids is 1. The number of unbranched alkanes of at least 4 members (excludes halogenated alkanes) is 26. The van der Waals surface area contributed by atoms with Gasteiger partial charge >= 0.3 is 17.9 Å². The minimum Gasteiger partial charge on any atom is -0.477 e. The summed E-state index contributed by atoms with van der Waals surface area (Å²) in [5, 5.41) is 9.65. The van der Waals surface area contributed by atoms with Crippen molar-refractivity contribution in [3.05, 3.63) is 24.3 Å². The quantitative estimate of drug-likeness (QED) is 0.0212. The fourth-order valence-electron chi connectivity index (χ4n) is 6.87. The van der Waals surface area contributed by atoms with Crippen molar-refractivity contribution in [2.45, 2.75) is 232 Å². The number of ether oxygens (including phenoxy) is 4. The van der Waals surface area contributed by atoms with Gasteiger partial charge in [0.1, 0.15) is 13.2 Å². The lowest BCUT2D eigenvalue weighted by Crippen LogP contribution is -2.40. The molecule has 0 radical (unpaired) electrons. The number of esters is 2. The van der Waals surface area contributed by atoms with E-state index in [0.29, 0.717) is 23.9 Å². The molecule has 9 nitrogen and oxygen atoms in total. The molecule has 346 valence electrons. The second-order valence-corrected chi connectivity index (χ2v) is 17.8. The molecule has 2 unspecified atom stereocenters. The topological polar surface area (TPSA) is 108 Å². The molecule has 0 aliphatic rings. The molecule has 0 aromatic rings. The van der Waals surface area contributed by atoms with Crippen molar-refractivity contribution in [3.8, 4) is 0 Å². The predicted octanol–water partition coefficient (Wildman–Crippen LogP) is 13.2. The van der Waals surface area contributed by atoms with E-state index in [-0.39, 0.29) is 32.2 Å². The maximum atomic E-state index is 12.8. The van der Waals surface area contributed by atoms with Gasteiger partial charge in [0.15, 0.2) is 6.10 Å². The fraction of sp³-hybridized carbons (Fsp3) is 0.860. The standard InChI is InChI=1S/C50H93NO8/c1-6-8-10-12-14-16-18-20-22-23-24-25-27-28-30-32-34-36-38-40-47(52)57-44-46(45-58-50(49(54)55)56-43-42-51(3,4)5)59-48(53)41-39-37-35-33-31-29-26-21-19-17-15-13-11-9-7-2/h15,17,21,26,46,50H,6-14,16,18-20,22-25,27-45H2,1-5H3/p+1/b17-15-,26-21-. The Balaban J connectivity index is 4.35. The number of hydrogen-bond acceptors (Lipinski definition) is 7. The number of rotatable bonds is 45. The molecule has 0 saturated heterocycles. The van der Waals surface area contributed by atoms with Gasteiger partial charge in [0.2, 0.25) is 0 Å². The Morgan fingerprint density at radius 2 is 0.915 bits per heavy atom. The average Bonchev–Trinajstić information content (AvgIpc) is 3.19. The molecule has 0 aromatic heterocycles. The first-order valence-electron chi connectivity index (χ1n) is 24.5. The largest absolute Gasteiger partial charge is 0.477 e. The predicted molar refractivity (Wildman–Crippen MR) is 244 cm³/mol. The summed E-state index contributed by atoms with van der Waals surface area (Å²) in [5.74, 6) is -2.01. The SMILES string of the molecule is CCCCC/C=C\C/C=C\CCCCCCCC(=O)OC(COC(=O)CCCCCCCCCCCCCCCCCCCCC)COC(OCC[N+](C)(C)C)C(=O)O. The van der Waals surface area contributed by atoms with Gasteiger partial charge in [-0.3, -0.25) is 9.59 Å². The molecule has 0 aromatic carbocycles.